The predicted octanol–water partition coefficient (Wildman–Crippen LogP) is 5.28. The van der Waals surface area contributed by atoms with E-state index in [2.05, 4.69) is 15.0 Å². The Balaban J connectivity index is 2.37. The zero-order valence-electron chi connectivity index (χ0n) is 15.9. The summed E-state index contributed by atoms with van der Waals surface area (Å²) < 4.78 is 49.9. The number of nitrogens with zero attached hydrogens (tertiary/aromatic N) is 3. The summed E-state index contributed by atoms with van der Waals surface area (Å²) in [5, 5.41) is 0. The highest BCUT2D eigenvalue weighted by Gasteiger charge is 2.34. The van der Waals surface area contributed by atoms with E-state index < -0.39 is 11.9 Å². The van der Waals surface area contributed by atoms with Gasteiger partial charge in [0.1, 0.15) is 5.70 Å². The third-order valence-electron chi connectivity index (χ3n) is 3.64. The van der Waals surface area contributed by atoms with E-state index in [4.69, 9.17) is 9.47 Å². The lowest BCUT2D eigenvalue weighted by Crippen LogP contribution is -2.11. The number of alkyl halides is 3. The van der Waals surface area contributed by atoms with Gasteiger partial charge in [-0.2, -0.15) is 13.2 Å². The zero-order chi connectivity index (χ0) is 20.7. The number of ether oxygens (including phenoxy) is 2. The van der Waals surface area contributed by atoms with Crippen molar-refractivity contribution in [2.45, 2.75) is 26.9 Å². The van der Waals surface area contributed by atoms with Crippen molar-refractivity contribution in [3.05, 3.63) is 59.8 Å². The Morgan fingerprint density at radius 1 is 1.18 bits per heavy atom. The van der Waals surface area contributed by atoms with Gasteiger partial charge in [0.25, 0.3) is 0 Å². The van der Waals surface area contributed by atoms with Crippen LogP contribution in [-0.4, -0.2) is 29.5 Å². The Kier molecular flexibility index (Phi) is 6.92. The number of rotatable bonds is 6. The SMILES string of the molecule is CC=N/C(=C(C)\C=C\Oc1ncccc1-c1cc(C)cnc1OC)C(F)(F)F. The van der Waals surface area contributed by atoms with Crippen LogP contribution >= 0.6 is 0 Å². The first-order valence-electron chi connectivity index (χ1n) is 8.34. The minimum absolute atomic E-state index is 0.0853. The Hall–Kier alpha value is -3.16. The second-order valence-electron chi connectivity index (χ2n) is 5.76. The summed E-state index contributed by atoms with van der Waals surface area (Å²) >= 11 is 0. The van der Waals surface area contributed by atoms with E-state index in [1.165, 1.54) is 33.2 Å². The first-order chi connectivity index (χ1) is 13.3. The van der Waals surface area contributed by atoms with Crippen LogP contribution in [0.4, 0.5) is 13.2 Å². The minimum atomic E-state index is -4.56. The van der Waals surface area contributed by atoms with Crippen LogP contribution in [0.1, 0.15) is 19.4 Å². The van der Waals surface area contributed by atoms with E-state index in [1.807, 2.05) is 13.0 Å². The van der Waals surface area contributed by atoms with Crippen molar-refractivity contribution in [3.8, 4) is 22.9 Å². The molecule has 2 aromatic rings. The van der Waals surface area contributed by atoms with Crippen LogP contribution in [0.2, 0.25) is 0 Å². The van der Waals surface area contributed by atoms with Crippen molar-refractivity contribution in [1.29, 1.82) is 0 Å². The molecule has 2 aromatic heterocycles. The summed E-state index contributed by atoms with van der Waals surface area (Å²) in [6, 6.07) is 5.35. The molecule has 5 nitrogen and oxygen atoms in total. The lowest BCUT2D eigenvalue weighted by Gasteiger charge is -2.11. The molecular formula is C20H20F3N3O2. The Morgan fingerprint density at radius 3 is 2.57 bits per heavy atom. The van der Waals surface area contributed by atoms with E-state index in [0.29, 0.717) is 17.0 Å². The second kappa shape index (κ2) is 9.16. The average Bonchev–Trinajstić information content (AvgIpc) is 2.65. The summed E-state index contributed by atoms with van der Waals surface area (Å²) in [6.07, 6.45) is 2.06. The van der Waals surface area contributed by atoms with Gasteiger partial charge in [-0.3, -0.25) is 4.99 Å². The first-order valence-corrected chi connectivity index (χ1v) is 8.34. The number of methoxy groups -OCH3 is 1. The fourth-order valence-corrected chi connectivity index (χ4v) is 2.41. The summed E-state index contributed by atoms with van der Waals surface area (Å²) in [6.45, 7) is 4.61. The van der Waals surface area contributed by atoms with Crippen molar-refractivity contribution in [2.24, 2.45) is 4.99 Å². The lowest BCUT2D eigenvalue weighted by molar-refractivity contribution is -0.0929. The monoisotopic (exact) mass is 391 g/mol. The van der Waals surface area contributed by atoms with E-state index in [1.54, 1.807) is 18.3 Å². The molecule has 0 aliphatic rings. The van der Waals surface area contributed by atoms with Gasteiger partial charge in [-0.05, 0) is 56.2 Å². The van der Waals surface area contributed by atoms with Gasteiger partial charge in [0, 0.05) is 29.7 Å². The molecule has 0 aliphatic carbocycles. The molecule has 0 bridgehead atoms. The van der Waals surface area contributed by atoms with Gasteiger partial charge in [0.2, 0.25) is 11.8 Å². The highest BCUT2D eigenvalue weighted by molar-refractivity contribution is 5.73. The number of aryl methyl sites for hydroxylation is 1. The fraction of sp³-hybridized carbons (Fsp3) is 0.250. The highest BCUT2D eigenvalue weighted by Crippen LogP contribution is 2.34. The van der Waals surface area contributed by atoms with Crippen LogP contribution in [-0.2, 0) is 0 Å². The van der Waals surface area contributed by atoms with E-state index in [0.717, 1.165) is 18.0 Å². The highest BCUT2D eigenvalue weighted by atomic mass is 19.4. The topological polar surface area (TPSA) is 56.6 Å². The maximum absolute atomic E-state index is 13.0. The average molecular weight is 391 g/mol. The van der Waals surface area contributed by atoms with Crippen molar-refractivity contribution >= 4 is 6.21 Å². The molecule has 0 N–H and O–H groups in total. The molecule has 0 radical (unpaired) electrons. The molecule has 2 heterocycles. The molecule has 0 spiro atoms. The molecule has 0 saturated heterocycles. The molecule has 0 unspecified atom stereocenters. The fourth-order valence-electron chi connectivity index (χ4n) is 2.41. The van der Waals surface area contributed by atoms with Crippen LogP contribution in [0.3, 0.4) is 0 Å². The Morgan fingerprint density at radius 2 is 1.93 bits per heavy atom. The van der Waals surface area contributed by atoms with E-state index in [9.17, 15) is 13.2 Å². The molecule has 2 rings (SSSR count). The standard InChI is InChI=1S/C20H20F3N3O2/c1-5-24-17(20(21,22)23)14(3)8-10-28-19-15(7-6-9-25-19)16-11-13(2)12-26-18(16)27-4/h5-12H,1-4H3/b10-8+,17-14-,24-5?. The predicted molar refractivity (Wildman–Crippen MR) is 101 cm³/mol. The number of halogens is 3. The van der Waals surface area contributed by atoms with Gasteiger partial charge in [-0.1, -0.05) is 0 Å². The molecule has 148 valence electrons. The number of hydrogen-bond donors (Lipinski definition) is 0. The maximum Gasteiger partial charge on any atom is 0.433 e. The number of aromatic nitrogens is 2. The molecule has 0 aromatic carbocycles. The van der Waals surface area contributed by atoms with Gasteiger partial charge in [0.05, 0.1) is 13.4 Å². The number of aliphatic imine (C=N–C) groups is 1. The summed E-state index contributed by atoms with van der Waals surface area (Å²) in [4.78, 5) is 11.8. The van der Waals surface area contributed by atoms with Gasteiger partial charge >= 0.3 is 6.18 Å². The van der Waals surface area contributed by atoms with Crippen LogP contribution in [0.5, 0.6) is 11.8 Å². The molecule has 0 saturated carbocycles. The second-order valence-corrected chi connectivity index (χ2v) is 5.76. The van der Waals surface area contributed by atoms with Gasteiger partial charge < -0.3 is 9.47 Å². The summed E-state index contributed by atoms with van der Waals surface area (Å²) in [5.74, 6) is 0.602. The Labute approximate surface area is 161 Å². The van der Waals surface area contributed by atoms with E-state index in [-0.39, 0.29) is 11.5 Å². The molecule has 0 amide bonds. The number of hydrogen-bond acceptors (Lipinski definition) is 5. The smallest absolute Gasteiger partial charge is 0.433 e. The molecule has 0 aliphatic heterocycles. The van der Waals surface area contributed by atoms with Gasteiger partial charge in [0.15, 0.2) is 0 Å². The summed E-state index contributed by atoms with van der Waals surface area (Å²) in [5.41, 5.74) is 1.10. The quantitative estimate of drug-likeness (QED) is 0.382. The zero-order valence-corrected chi connectivity index (χ0v) is 15.9. The lowest BCUT2D eigenvalue weighted by atomic mass is 10.1. The van der Waals surface area contributed by atoms with Crippen molar-refractivity contribution in [1.82, 2.24) is 9.97 Å². The van der Waals surface area contributed by atoms with Crippen molar-refractivity contribution in [3.63, 3.8) is 0 Å². The van der Waals surface area contributed by atoms with Crippen LogP contribution in [0.15, 0.2) is 59.2 Å². The molecule has 0 fully saturated rings. The van der Waals surface area contributed by atoms with E-state index >= 15 is 0 Å². The van der Waals surface area contributed by atoms with Crippen LogP contribution in [0.25, 0.3) is 11.1 Å². The van der Waals surface area contributed by atoms with Crippen molar-refractivity contribution < 1.29 is 22.6 Å². The first kappa shape index (κ1) is 21.1. The minimum Gasteiger partial charge on any atom is -0.481 e. The third-order valence-corrected chi connectivity index (χ3v) is 3.64. The van der Waals surface area contributed by atoms with Crippen molar-refractivity contribution in [2.75, 3.05) is 7.11 Å². The third kappa shape index (κ3) is 5.18. The van der Waals surface area contributed by atoms with Gasteiger partial charge in [-0.25, -0.2) is 9.97 Å². The largest absolute Gasteiger partial charge is 0.481 e. The molecule has 28 heavy (non-hydrogen) atoms. The molecular weight excluding hydrogens is 371 g/mol. The molecule has 0 atom stereocenters. The number of pyridine rings is 2. The normalized spacial score (nSPS) is 13.1. The number of allylic oxidation sites excluding steroid dienone is 3. The van der Waals surface area contributed by atoms with Gasteiger partial charge in [-0.15, -0.1) is 0 Å². The Bertz CT molecular complexity index is 919. The summed E-state index contributed by atoms with van der Waals surface area (Å²) in [7, 11) is 1.50. The van der Waals surface area contributed by atoms with Crippen LogP contribution < -0.4 is 9.47 Å². The maximum atomic E-state index is 13.0. The van der Waals surface area contributed by atoms with Crippen LogP contribution in [0, 0.1) is 6.92 Å². The molecule has 8 heteroatoms.